The minimum Gasteiger partial charge on any atom is -0.490 e. The van der Waals surface area contributed by atoms with E-state index >= 15 is 0 Å². The lowest BCUT2D eigenvalue weighted by Gasteiger charge is -2.21. The molecule has 0 aliphatic carbocycles. The number of hydrogen-bond donors (Lipinski definition) is 0. The van der Waals surface area contributed by atoms with Gasteiger partial charge in [-0.15, -0.1) is 0 Å². The fourth-order valence-corrected chi connectivity index (χ4v) is 2.52. The zero-order chi connectivity index (χ0) is 17.2. The molecule has 0 amide bonds. The van der Waals surface area contributed by atoms with Crippen molar-refractivity contribution in [2.24, 2.45) is 4.99 Å². The molecule has 0 saturated carbocycles. The van der Waals surface area contributed by atoms with Crippen molar-refractivity contribution in [2.45, 2.75) is 72.3 Å². The summed E-state index contributed by atoms with van der Waals surface area (Å²) < 4.78 is 6.35. The molecule has 1 aromatic rings. The van der Waals surface area contributed by atoms with Gasteiger partial charge in [-0.3, -0.25) is 0 Å². The van der Waals surface area contributed by atoms with Crippen LogP contribution in [0.4, 0.5) is 5.69 Å². The highest BCUT2D eigenvalue weighted by atomic mass is 16.5. The predicted molar refractivity (Wildman–Crippen MR) is 101 cm³/mol. The normalized spacial score (nSPS) is 11.4. The van der Waals surface area contributed by atoms with Gasteiger partial charge in [0, 0.05) is 14.1 Å². The molecule has 0 radical (unpaired) electrons. The molecular formula is C20H34N2O. The number of rotatable bonds is 10. The van der Waals surface area contributed by atoms with E-state index in [9.17, 15) is 0 Å². The van der Waals surface area contributed by atoms with Gasteiger partial charge in [-0.2, -0.15) is 0 Å². The summed E-state index contributed by atoms with van der Waals surface area (Å²) in [6, 6.07) is 4.27. The number of hydrogen-bond acceptors (Lipinski definition) is 2. The lowest BCUT2D eigenvalue weighted by molar-refractivity contribution is 0.173. The van der Waals surface area contributed by atoms with E-state index in [0.29, 0.717) is 6.10 Å². The summed E-state index contributed by atoms with van der Waals surface area (Å²) in [7, 11) is 3.96. The summed E-state index contributed by atoms with van der Waals surface area (Å²) in [5, 5.41) is 0. The molecule has 0 unspecified atom stereocenters. The second kappa shape index (κ2) is 10.3. The first-order valence-corrected chi connectivity index (χ1v) is 8.96. The van der Waals surface area contributed by atoms with Crippen LogP contribution in [-0.2, 0) is 0 Å². The highest BCUT2D eigenvalue weighted by molar-refractivity contribution is 5.64. The summed E-state index contributed by atoms with van der Waals surface area (Å²) in [6.07, 6.45) is 9.39. The maximum Gasteiger partial charge on any atom is 0.123 e. The predicted octanol–water partition coefficient (Wildman–Crippen LogP) is 5.65. The zero-order valence-electron chi connectivity index (χ0n) is 15.9. The Hall–Kier alpha value is -1.51. The highest BCUT2D eigenvalue weighted by Gasteiger charge is 2.12. The number of unbranched alkanes of at least 4 members (excludes halogenated alkanes) is 2. The van der Waals surface area contributed by atoms with E-state index in [0.717, 1.165) is 29.8 Å². The van der Waals surface area contributed by atoms with Crippen molar-refractivity contribution in [3.8, 4) is 5.75 Å². The van der Waals surface area contributed by atoms with Crippen LogP contribution >= 0.6 is 0 Å². The number of aryl methyl sites for hydroxylation is 2. The monoisotopic (exact) mass is 318 g/mol. The molecule has 0 saturated heterocycles. The van der Waals surface area contributed by atoms with Crippen molar-refractivity contribution in [1.29, 1.82) is 0 Å². The average Bonchev–Trinajstić information content (AvgIpc) is 2.51. The topological polar surface area (TPSA) is 24.8 Å². The van der Waals surface area contributed by atoms with Gasteiger partial charge in [0.1, 0.15) is 5.75 Å². The molecular weight excluding hydrogens is 284 g/mol. The van der Waals surface area contributed by atoms with Crippen LogP contribution in [0.2, 0.25) is 0 Å². The minimum absolute atomic E-state index is 0.337. The molecule has 0 aliphatic rings. The van der Waals surface area contributed by atoms with E-state index in [1.807, 2.05) is 25.3 Å². The fraction of sp³-hybridized carbons (Fsp3) is 0.650. The molecule has 3 nitrogen and oxygen atoms in total. The van der Waals surface area contributed by atoms with Gasteiger partial charge >= 0.3 is 0 Å². The number of benzene rings is 1. The molecule has 0 bridgehead atoms. The number of ether oxygens (including phenoxy) is 1. The molecule has 0 N–H and O–H groups in total. The fourth-order valence-electron chi connectivity index (χ4n) is 2.52. The Morgan fingerprint density at radius 1 is 1.04 bits per heavy atom. The van der Waals surface area contributed by atoms with Crippen LogP contribution < -0.4 is 4.74 Å². The van der Waals surface area contributed by atoms with Crippen LogP contribution in [0.1, 0.15) is 63.5 Å². The van der Waals surface area contributed by atoms with Crippen LogP contribution in [-0.4, -0.2) is 31.4 Å². The van der Waals surface area contributed by atoms with Crippen LogP contribution in [0.15, 0.2) is 17.1 Å². The molecule has 130 valence electrons. The van der Waals surface area contributed by atoms with Gasteiger partial charge in [0.05, 0.1) is 18.1 Å². The van der Waals surface area contributed by atoms with Crippen molar-refractivity contribution in [3.63, 3.8) is 0 Å². The second-order valence-electron chi connectivity index (χ2n) is 6.64. The van der Waals surface area contributed by atoms with Gasteiger partial charge in [0.25, 0.3) is 0 Å². The maximum absolute atomic E-state index is 6.35. The molecule has 0 fully saturated rings. The van der Waals surface area contributed by atoms with Gasteiger partial charge < -0.3 is 9.64 Å². The number of aliphatic imine (C=N–C) groups is 1. The van der Waals surface area contributed by atoms with Crippen molar-refractivity contribution >= 4 is 12.0 Å². The molecule has 1 aromatic carbocycles. The molecule has 23 heavy (non-hydrogen) atoms. The Balaban J connectivity index is 2.87. The smallest absolute Gasteiger partial charge is 0.123 e. The Morgan fingerprint density at radius 3 is 2.17 bits per heavy atom. The van der Waals surface area contributed by atoms with Crippen molar-refractivity contribution in [2.75, 3.05) is 14.1 Å². The zero-order valence-corrected chi connectivity index (χ0v) is 15.9. The Morgan fingerprint density at radius 2 is 1.65 bits per heavy atom. The van der Waals surface area contributed by atoms with Gasteiger partial charge in [-0.25, -0.2) is 4.99 Å². The van der Waals surface area contributed by atoms with Crippen LogP contribution in [0.3, 0.4) is 0 Å². The van der Waals surface area contributed by atoms with E-state index < -0.39 is 0 Å². The first-order valence-electron chi connectivity index (χ1n) is 8.96. The van der Waals surface area contributed by atoms with Crippen LogP contribution in [0, 0.1) is 13.8 Å². The molecule has 1 rings (SSSR count). The lowest BCUT2D eigenvalue weighted by atomic mass is 10.1. The Labute approximate surface area is 142 Å². The summed E-state index contributed by atoms with van der Waals surface area (Å²) in [4.78, 5) is 6.48. The van der Waals surface area contributed by atoms with Gasteiger partial charge in [0.2, 0.25) is 0 Å². The standard InChI is InChI=1S/C20H34N2O/c1-7-9-11-18(12-10-8-2)23-20-14-16(3)19(13-17(20)4)21-15-22(5)6/h13-15,18H,7-12H2,1-6H3. The molecule has 0 aliphatic heterocycles. The van der Waals surface area contributed by atoms with Gasteiger partial charge in [-0.05, 0) is 49.9 Å². The summed E-state index contributed by atoms with van der Waals surface area (Å²) in [6.45, 7) is 8.69. The van der Waals surface area contributed by atoms with E-state index in [1.54, 1.807) is 0 Å². The SMILES string of the molecule is CCCCC(CCCC)Oc1cc(C)c(N=CN(C)C)cc1C. The third-order valence-corrected chi connectivity index (χ3v) is 3.97. The molecule has 0 atom stereocenters. The summed E-state index contributed by atoms with van der Waals surface area (Å²) in [5.41, 5.74) is 3.34. The minimum atomic E-state index is 0.337. The van der Waals surface area contributed by atoms with Gasteiger partial charge in [0.15, 0.2) is 0 Å². The lowest BCUT2D eigenvalue weighted by Crippen LogP contribution is -2.17. The van der Waals surface area contributed by atoms with E-state index in [2.05, 4.69) is 44.8 Å². The quantitative estimate of drug-likeness (QED) is 0.411. The second-order valence-corrected chi connectivity index (χ2v) is 6.64. The Bertz CT molecular complexity index is 487. The van der Waals surface area contributed by atoms with Crippen molar-refractivity contribution < 1.29 is 4.74 Å². The maximum atomic E-state index is 6.35. The summed E-state index contributed by atoms with van der Waals surface area (Å²) in [5.74, 6) is 1.02. The molecule has 0 spiro atoms. The average molecular weight is 319 g/mol. The van der Waals surface area contributed by atoms with E-state index in [-0.39, 0.29) is 0 Å². The Kier molecular flexibility index (Phi) is 8.75. The van der Waals surface area contributed by atoms with Crippen molar-refractivity contribution in [1.82, 2.24) is 4.90 Å². The summed E-state index contributed by atoms with van der Waals surface area (Å²) >= 11 is 0. The third kappa shape index (κ3) is 7.06. The van der Waals surface area contributed by atoms with E-state index in [1.165, 1.54) is 31.2 Å². The first kappa shape index (κ1) is 19.5. The van der Waals surface area contributed by atoms with E-state index in [4.69, 9.17) is 4.74 Å². The number of nitrogens with zero attached hydrogens (tertiary/aromatic N) is 2. The van der Waals surface area contributed by atoms with Crippen molar-refractivity contribution in [3.05, 3.63) is 23.3 Å². The first-order chi connectivity index (χ1) is 11.0. The van der Waals surface area contributed by atoms with Crippen LogP contribution in [0.25, 0.3) is 0 Å². The highest BCUT2D eigenvalue weighted by Crippen LogP contribution is 2.30. The molecule has 0 heterocycles. The van der Waals surface area contributed by atoms with Gasteiger partial charge in [-0.1, -0.05) is 39.5 Å². The largest absolute Gasteiger partial charge is 0.490 e. The van der Waals surface area contributed by atoms with Crippen LogP contribution in [0.5, 0.6) is 5.75 Å². The molecule has 0 aromatic heterocycles. The molecule has 3 heteroatoms. The third-order valence-electron chi connectivity index (χ3n) is 3.97.